The lowest BCUT2D eigenvalue weighted by Crippen LogP contribution is -2.52. The highest BCUT2D eigenvalue weighted by Gasteiger charge is 2.36. The van der Waals surface area contributed by atoms with Gasteiger partial charge in [0.15, 0.2) is 0 Å². The number of hydrogen-bond acceptors (Lipinski definition) is 7. The smallest absolute Gasteiger partial charge is 0.248 e. The van der Waals surface area contributed by atoms with Gasteiger partial charge in [0, 0.05) is 37.7 Å². The third kappa shape index (κ3) is 7.57. The lowest BCUT2D eigenvalue weighted by molar-refractivity contribution is -0.138. The predicted molar refractivity (Wildman–Crippen MR) is 144 cm³/mol. The second kappa shape index (κ2) is 13.4. The molecular formula is C25H38Cl2N4O5S. The van der Waals surface area contributed by atoms with Crippen molar-refractivity contribution in [1.82, 2.24) is 19.0 Å². The Balaban J connectivity index is 1.23. The summed E-state index contributed by atoms with van der Waals surface area (Å²) in [6.45, 7) is 10.1. The number of halogens is 2. The van der Waals surface area contributed by atoms with Crippen molar-refractivity contribution in [2.75, 3.05) is 85.3 Å². The largest absolute Gasteiger partial charge is 0.378 e. The molecule has 3 aliphatic rings. The van der Waals surface area contributed by atoms with Gasteiger partial charge >= 0.3 is 0 Å². The van der Waals surface area contributed by atoms with Crippen LogP contribution in [0.1, 0.15) is 24.8 Å². The van der Waals surface area contributed by atoms with Gasteiger partial charge in [0.05, 0.1) is 30.9 Å². The van der Waals surface area contributed by atoms with Gasteiger partial charge < -0.3 is 19.3 Å². The van der Waals surface area contributed by atoms with Crippen LogP contribution in [0, 0.1) is 6.92 Å². The summed E-state index contributed by atoms with van der Waals surface area (Å²) in [4.78, 5) is 19.6. The summed E-state index contributed by atoms with van der Waals surface area (Å²) in [5, 5.41) is 0.464. The van der Waals surface area contributed by atoms with Crippen LogP contribution in [0.15, 0.2) is 17.0 Å². The number of carbonyl (C=O) groups excluding carboxylic acids is 1. The number of amides is 1. The molecule has 3 saturated heterocycles. The third-order valence-corrected chi connectivity index (χ3v) is 10.1. The first-order valence-electron chi connectivity index (χ1n) is 13.1. The summed E-state index contributed by atoms with van der Waals surface area (Å²) in [5.41, 5.74) is 0.481. The number of ether oxygens (including phenoxy) is 2. The van der Waals surface area contributed by atoms with Crippen LogP contribution in [-0.2, 0) is 24.3 Å². The van der Waals surface area contributed by atoms with Crippen molar-refractivity contribution in [3.63, 3.8) is 0 Å². The number of hydrogen-bond donors (Lipinski definition) is 0. The van der Waals surface area contributed by atoms with Crippen molar-refractivity contribution in [3.8, 4) is 0 Å². The Kier molecular flexibility index (Phi) is 10.5. The molecule has 1 aromatic carbocycles. The van der Waals surface area contributed by atoms with E-state index < -0.39 is 16.1 Å². The zero-order valence-electron chi connectivity index (χ0n) is 21.5. The maximum atomic E-state index is 13.5. The summed E-state index contributed by atoms with van der Waals surface area (Å²) in [7, 11) is -3.90. The maximum absolute atomic E-state index is 13.5. The van der Waals surface area contributed by atoms with Crippen molar-refractivity contribution in [1.29, 1.82) is 0 Å². The summed E-state index contributed by atoms with van der Waals surface area (Å²) < 4.78 is 39.6. The molecule has 208 valence electrons. The Labute approximate surface area is 230 Å². The molecule has 3 heterocycles. The number of carbonyl (C=O) groups is 1. The lowest BCUT2D eigenvalue weighted by Gasteiger charge is -2.36. The van der Waals surface area contributed by atoms with Crippen LogP contribution in [0.4, 0.5) is 0 Å². The molecule has 1 aromatic rings. The van der Waals surface area contributed by atoms with E-state index in [0.717, 1.165) is 26.2 Å². The van der Waals surface area contributed by atoms with E-state index in [4.69, 9.17) is 32.7 Å². The van der Waals surface area contributed by atoms with Crippen molar-refractivity contribution < 1.29 is 22.7 Å². The number of benzene rings is 1. The summed E-state index contributed by atoms with van der Waals surface area (Å²) in [6.07, 6.45) is 3.81. The van der Waals surface area contributed by atoms with Gasteiger partial charge in [0.1, 0.15) is 11.5 Å². The van der Waals surface area contributed by atoms with Gasteiger partial charge in [-0.05, 0) is 70.1 Å². The van der Waals surface area contributed by atoms with E-state index in [0.29, 0.717) is 23.7 Å². The first-order chi connectivity index (χ1) is 17.8. The number of morpholine rings is 1. The second-order valence-corrected chi connectivity index (χ2v) is 12.7. The number of aryl methyl sites for hydroxylation is 1. The summed E-state index contributed by atoms with van der Waals surface area (Å²) in [6, 6.07) is 2.46. The zero-order valence-corrected chi connectivity index (χ0v) is 23.9. The number of sulfonamides is 1. The van der Waals surface area contributed by atoms with Crippen molar-refractivity contribution in [2.45, 2.75) is 37.1 Å². The van der Waals surface area contributed by atoms with Crippen molar-refractivity contribution >= 4 is 39.1 Å². The van der Waals surface area contributed by atoms with E-state index >= 15 is 0 Å². The second-order valence-electron chi connectivity index (χ2n) is 10.0. The molecule has 0 spiro atoms. The molecule has 4 rings (SSSR count). The molecule has 12 heteroatoms. The van der Waals surface area contributed by atoms with E-state index in [9.17, 15) is 13.2 Å². The van der Waals surface area contributed by atoms with Gasteiger partial charge in [-0.2, -0.15) is 4.31 Å². The molecule has 0 N–H and O–H groups in total. The fraction of sp³-hybridized carbons (Fsp3) is 0.720. The minimum absolute atomic E-state index is 0.0415. The molecule has 0 aliphatic carbocycles. The van der Waals surface area contributed by atoms with Gasteiger partial charge in [0.25, 0.3) is 0 Å². The molecule has 3 aliphatic heterocycles. The maximum Gasteiger partial charge on any atom is 0.248 e. The zero-order chi connectivity index (χ0) is 26.4. The Bertz CT molecular complexity index is 1010. The minimum atomic E-state index is -3.90. The van der Waals surface area contributed by atoms with Crippen LogP contribution < -0.4 is 0 Å². The first kappa shape index (κ1) is 29.0. The van der Waals surface area contributed by atoms with Gasteiger partial charge in [-0.3, -0.25) is 9.69 Å². The molecule has 0 aromatic heterocycles. The van der Waals surface area contributed by atoms with Gasteiger partial charge in [0.2, 0.25) is 15.9 Å². The SMILES string of the molecule is Cc1cc(Cl)cc(Cl)c1S(=O)(=O)N1CCOC[C@H]1COCC(=O)N1CCN(CCCN2CCCC2)CC1. The monoisotopic (exact) mass is 576 g/mol. The van der Waals surface area contributed by atoms with E-state index in [2.05, 4.69) is 9.80 Å². The highest BCUT2D eigenvalue weighted by Crippen LogP contribution is 2.32. The van der Waals surface area contributed by atoms with Crippen molar-refractivity contribution in [2.24, 2.45) is 0 Å². The topological polar surface area (TPSA) is 82.6 Å². The van der Waals surface area contributed by atoms with Crippen LogP contribution in [-0.4, -0.2) is 125 Å². The molecule has 37 heavy (non-hydrogen) atoms. The molecular weight excluding hydrogens is 539 g/mol. The van der Waals surface area contributed by atoms with E-state index in [1.807, 2.05) is 4.90 Å². The molecule has 0 unspecified atom stereocenters. The Morgan fingerprint density at radius 2 is 1.70 bits per heavy atom. The Morgan fingerprint density at radius 3 is 2.38 bits per heavy atom. The van der Waals surface area contributed by atoms with Crippen LogP contribution in [0.5, 0.6) is 0 Å². The van der Waals surface area contributed by atoms with Gasteiger partial charge in [-0.1, -0.05) is 23.2 Å². The van der Waals surface area contributed by atoms with Gasteiger partial charge in [-0.15, -0.1) is 0 Å². The fourth-order valence-electron chi connectivity index (χ4n) is 5.34. The molecule has 9 nitrogen and oxygen atoms in total. The van der Waals surface area contributed by atoms with E-state index in [1.165, 1.54) is 42.7 Å². The number of likely N-dealkylation sites (tertiary alicyclic amines) is 1. The highest BCUT2D eigenvalue weighted by atomic mass is 35.5. The Morgan fingerprint density at radius 1 is 1.03 bits per heavy atom. The number of piperazine rings is 1. The van der Waals surface area contributed by atoms with Crippen LogP contribution >= 0.6 is 23.2 Å². The third-order valence-electron chi connectivity index (χ3n) is 7.34. The molecule has 0 saturated carbocycles. The Hall–Kier alpha value is -0.980. The summed E-state index contributed by atoms with van der Waals surface area (Å²) in [5.74, 6) is -0.0700. The predicted octanol–water partition coefficient (Wildman–Crippen LogP) is 2.34. The normalized spacial score (nSPS) is 22.6. The average Bonchev–Trinajstić information content (AvgIpc) is 3.37. The van der Waals surface area contributed by atoms with E-state index in [-0.39, 0.29) is 48.8 Å². The molecule has 1 atom stereocenters. The fourth-order valence-corrected chi connectivity index (χ4v) is 8.06. The number of nitrogens with zero attached hydrogens (tertiary/aromatic N) is 4. The van der Waals surface area contributed by atoms with Gasteiger partial charge in [-0.25, -0.2) is 8.42 Å². The lowest BCUT2D eigenvalue weighted by atomic mass is 10.2. The quantitative estimate of drug-likeness (QED) is 0.422. The first-order valence-corrected chi connectivity index (χ1v) is 15.3. The molecule has 0 bridgehead atoms. The highest BCUT2D eigenvalue weighted by molar-refractivity contribution is 7.89. The average molecular weight is 578 g/mol. The van der Waals surface area contributed by atoms with Crippen LogP contribution in [0.3, 0.4) is 0 Å². The minimum Gasteiger partial charge on any atom is -0.378 e. The standard InChI is InChI=1S/C25H38Cl2N4O5S/c1-20-15-21(26)16-23(27)25(20)37(33,34)31-13-14-35-17-22(31)18-36-19-24(32)30-11-9-29(10-12-30)8-4-7-28-5-2-3-6-28/h15-16,22H,2-14,17-19H2,1H3/t22-/m0/s1. The molecule has 3 fully saturated rings. The van der Waals surface area contributed by atoms with Crippen LogP contribution in [0.2, 0.25) is 10.0 Å². The molecule has 1 amide bonds. The van der Waals surface area contributed by atoms with Crippen molar-refractivity contribution in [3.05, 3.63) is 27.7 Å². The summed E-state index contributed by atoms with van der Waals surface area (Å²) >= 11 is 12.3. The number of rotatable bonds is 10. The molecule has 0 radical (unpaired) electrons. The van der Waals surface area contributed by atoms with Crippen LogP contribution in [0.25, 0.3) is 0 Å². The van der Waals surface area contributed by atoms with E-state index in [1.54, 1.807) is 13.0 Å².